The van der Waals surface area contributed by atoms with Gasteiger partial charge in [-0.05, 0) is 30.2 Å². The van der Waals surface area contributed by atoms with Crippen LogP contribution in [0.3, 0.4) is 0 Å². The molecule has 68 valence electrons. The lowest BCUT2D eigenvalue weighted by Gasteiger charge is -2.03. The molecule has 0 fully saturated rings. The van der Waals surface area contributed by atoms with Crippen LogP contribution in [-0.4, -0.2) is 11.1 Å². The van der Waals surface area contributed by atoms with Crippen LogP contribution < -0.4 is 5.32 Å². The van der Waals surface area contributed by atoms with Crippen LogP contribution in [0.15, 0.2) is 18.2 Å². The zero-order valence-electron chi connectivity index (χ0n) is 7.37. The first-order valence-electron chi connectivity index (χ1n) is 4.28. The van der Waals surface area contributed by atoms with E-state index in [0.717, 1.165) is 12.1 Å². The SMILES string of the molecule is C[C@H]1NCc2cc(C(=O)O)ccc21. The summed E-state index contributed by atoms with van der Waals surface area (Å²) in [6.45, 7) is 2.85. The Morgan fingerprint density at radius 3 is 3.08 bits per heavy atom. The second kappa shape index (κ2) is 2.85. The molecule has 2 N–H and O–H groups in total. The lowest BCUT2D eigenvalue weighted by molar-refractivity contribution is 0.0697. The van der Waals surface area contributed by atoms with Crippen molar-refractivity contribution in [2.45, 2.75) is 19.5 Å². The Bertz CT molecular complexity index is 360. The van der Waals surface area contributed by atoms with Crippen LogP contribution >= 0.6 is 0 Å². The van der Waals surface area contributed by atoms with Crippen LogP contribution in [0.5, 0.6) is 0 Å². The van der Waals surface area contributed by atoms with E-state index >= 15 is 0 Å². The third-order valence-electron chi connectivity index (χ3n) is 2.46. The minimum absolute atomic E-state index is 0.345. The summed E-state index contributed by atoms with van der Waals surface area (Å²) < 4.78 is 0. The summed E-state index contributed by atoms with van der Waals surface area (Å²) in [6.07, 6.45) is 0. The zero-order chi connectivity index (χ0) is 9.42. The van der Waals surface area contributed by atoms with Gasteiger partial charge in [0, 0.05) is 12.6 Å². The lowest BCUT2D eigenvalue weighted by atomic mass is 10.0. The Hall–Kier alpha value is -1.35. The molecular weight excluding hydrogens is 166 g/mol. The summed E-state index contributed by atoms with van der Waals surface area (Å²) >= 11 is 0. The summed E-state index contributed by atoms with van der Waals surface area (Å²) in [5.41, 5.74) is 2.69. The summed E-state index contributed by atoms with van der Waals surface area (Å²) in [5, 5.41) is 12.0. The maximum absolute atomic E-state index is 10.7. The highest BCUT2D eigenvalue weighted by Gasteiger charge is 2.18. The summed E-state index contributed by atoms with van der Waals surface area (Å²) in [7, 11) is 0. The molecule has 0 bridgehead atoms. The van der Waals surface area contributed by atoms with Gasteiger partial charge >= 0.3 is 5.97 Å². The predicted octanol–water partition coefficient (Wildman–Crippen LogP) is 1.55. The molecule has 0 unspecified atom stereocenters. The first kappa shape index (κ1) is 8.26. The smallest absolute Gasteiger partial charge is 0.335 e. The van der Waals surface area contributed by atoms with Crippen LogP contribution in [0, 0.1) is 0 Å². The first-order chi connectivity index (χ1) is 6.18. The number of carbonyl (C=O) groups is 1. The van der Waals surface area contributed by atoms with E-state index in [0.29, 0.717) is 11.6 Å². The molecule has 1 aromatic carbocycles. The molecule has 0 aromatic heterocycles. The number of rotatable bonds is 1. The van der Waals surface area contributed by atoms with Gasteiger partial charge in [-0.25, -0.2) is 4.79 Å². The Balaban J connectivity index is 2.45. The summed E-state index contributed by atoms with van der Waals surface area (Å²) in [6, 6.07) is 5.64. The van der Waals surface area contributed by atoms with Crippen LogP contribution in [0.2, 0.25) is 0 Å². The number of aromatic carboxylic acids is 1. The molecule has 2 rings (SSSR count). The number of fused-ring (bicyclic) bond motifs is 1. The number of hydrogen-bond acceptors (Lipinski definition) is 2. The normalized spacial score (nSPS) is 19.9. The van der Waals surface area contributed by atoms with Crippen LogP contribution in [0.1, 0.15) is 34.5 Å². The van der Waals surface area contributed by atoms with Gasteiger partial charge < -0.3 is 10.4 Å². The average Bonchev–Trinajstić information content (AvgIpc) is 2.47. The average molecular weight is 177 g/mol. The van der Waals surface area contributed by atoms with E-state index < -0.39 is 5.97 Å². The van der Waals surface area contributed by atoms with Gasteiger partial charge in [-0.2, -0.15) is 0 Å². The molecule has 13 heavy (non-hydrogen) atoms. The maximum Gasteiger partial charge on any atom is 0.335 e. The topological polar surface area (TPSA) is 49.3 Å². The van der Waals surface area contributed by atoms with Crippen molar-refractivity contribution in [3.05, 3.63) is 34.9 Å². The van der Waals surface area contributed by atoms with E-state index in [4.69, 9.17) is 5.11 Å². The van der Waals surface area contributed by atoms with E-state index in [2.05, 4.69) is 12.2 Å². The number of nitrogens with one attached hydrogen (secondary N) is 1. The minimum Gasteiger partial charge on any atom is -0.478 e. The van der Waals surface area contributed by atoms with E-state index in [1.54, 1.807) is 12.1 Å². The molecular formula is C10H11NO2. The van der Waals surface area contributed by atoms with Gasteiger partial charge in [0.2, 0.25) is 0 Å². The van der Waals surface area contributed by atoms with Crippen LogP contribution in [0.25, 0.3) is 0 Å². The fourth-order valence-corrected chi connectivity index (χ4v) is 1.69. The number of hydrogen-bond donors (Lipinski definition) is 2. The van der Waals surface area contributed by atoms with E-state index in [9.17, 15) is 4.79 Å². The van der Waals surface area contributed by atoms with Crippen molar-refractivity contribution >= 4 is 5.97 Å². The number of carboxylic acid groups (broad SMARTS) is 1. The van der Waals surface area contributed by atoms with Crippen molar-refractivity contribution in [1.29, 1.82) is 0 Å². The number of carboxylic acids is 1. The van der Waals surface area contributed by atoms with Crippen molar-refractivity contribution in [2.24, 2.45) is 0 Å². The van der Waals surface area contributed by atoms with Crippen molar-refractivity contribution in [1.82, 2.24) is 5.32 Å². The summed E-state index contributed by atoms with van der Waals surface area (Å²) in [4.78, 5) is 10.7. The molecule has 3 nitrogen and oxygen atoms in total. The highest BCUT2D eigenvalue weighted by atomic mass is 16.4. The molecule has 0 aliphatic carbocycles. The predicted molar refractivity (Wildman–Crippen MR) is 48.7 cm³/mol. The molecule has 1 atom stereocenters. The monoisotopic (exact) mass is 177 g/mol. The Kier molecular flexibility index (Phi) is 1.81. The minimum atomic E-state index is -0.859. The van der Waals surface area contributed by atoms with Gasteiger partial charge in [-0.3, -0.25) is 0 Å². The standard InChI is InChI=1S/C10H11NO2/c1-6-9-3-2-7(10(12)13)4-8(9)5-11-6/h2-4,6,11H,5H2,1H3,(H,12,13)/t6-/m1/s1. The van der Waals surface area contributed by atoms with E-state index in [1.807, 2.05) is 6.07 Å². The van der Waals surface area contributed by atoms with Crippen molar-refractivity contribution in [3.8, 4) is 0 Å². The Morgan fingerprint density at radius 1 is 1.62 bits per heavy atom. The summed E-state index contributed by atoms with van der Waals surface area (Å²) in [5.74, 6) is -0.859. The Morgan fingerprint density at radius 2 is 2.38 bits per heavy atom. The first-order valence-corrected chi connectivity index (χ1v) is 4.28. The van der Waals surface area contributed by atoms with Gasteiger partial charge in [-0.1, -0.05) is 6.07 Å². The third-order valence-corrected chi connectivity index (χ3v) is 2.46. The van der Waals surface area contributed by atoms with Gasteiger partial charge in [-0.15, -0.1) is 0 Å². The van der Waals surface area contributed by atoms with E-state index in [1.165, 1.54) is 5.56 Å². The Labute approximate surface area is 76.4 Å². The molecule has 0 spiro atoms. The third kappa shape index (κ3) is 1.31. The van der Waals surface area contributed by atoms with Crippen LogP contribution in [-0.2, 0) is 6.54 Å². The molecule has 0 amide bonds. The largest absolute Gasteiger partial charge is 0.478 e. The molecule has 0 radical (unpaired) electrons. The molecule has 0 saturated carbocycles. The quantitative estimate of drug-likeness (QED) is 0.684. The van der Waals surface area contributed by atoms with Crippen molar-refractivity contribution in [2.75, 3.05) is 0 Å². The lowest BCUT2D eigenvalue weighted by Crippen LogP contribution is -2.06. The second-order valence-electron chi connectivity index (χ2n) is 3.32. The van der Waals surface area contributed by atoms with Gasteiger partial charge in [0.05, 0.1) is 5.56 Å². The van der Waals surface area contributed by atoms with Gasteiger partial charge in [0.25, 0.3) is 0 Å². The van der Waals surface area contributed by atoms with E-state index in [-0.39, 0.29) is 0 Å². The highest BCUT2D eigenvalue weighted by molar-refractivity contribution is 5.88. The fourth-order valence-electron chi connectivity index (χ4n) is 1.69. The number of benzene rings is 1. The fraction of sp³-hybridized carbons (Fsp3) is 0.300. The van der Waals surface area contributed by atoms with Crippen molar-refractivity contribution < 1.29 is 9.90 Å². The van der Waals surface area contributed by atoms with Gasteiger partial charge in [0.1, 0.15) is 0 Å². The zero-order valence-corrected chi connectivity index (χ0v) is 7.37. The molecule has 1 aliphatic rings. The van der Waals surface area contributed by atoms with Gasteiger partial charge in [0.15, 0.2) is 0 Å². The molecule has 3 heteroatoms. The molecule has 1 aromatic rings. The highest BCUT2D eigenvalue weighted by Crippen LogP contribution is 2.25. The van der Waals surface area contributed by atoms with Crippen LogP contribution in [0.4, 0.5) is 0 Å². The maximum atomic E-state index is 10.7. The molecule has 1 heterocycles. The molecule has 0 saturated heterocycles. The molecule has 1 aliphatic heterocycles. The second-order valence-corrected chi connectivity index (χ2v) is 3.32. The van der Waals surface area contributed by atoms with Crippen molar-refractivity contribution in [3.63, 3.8) is 0 Å².